The lowest BCUT2D eigenvalue weighted by Crippen LogP contribution is -2.21. The average molecular weight is 308 g/mol. The number of nitrogens with one attached hydrogen (secondary N) is 1. The van der Waals surface area contributed by atoms with E-state index >= 15 is 0 Å². The molecule has 2 aromatic rings. The van der Waals surface area contributed by atoms with Crippen molar-refractivity contribution in [1.82, 2.24) is 10.4 Å². The maximum atomic E-state index is 11.8. The Balaban J connectivity index is 1.98. The number of halogens is 1. The first-order valence-electron chi connectivity index (χ1n) is 6.05. The van der Waals surface area contributed by atoms with E-state index in [1.165, 1.54) is 11.3 Å². The van der Waals surface area contributed by atoms with Crippen molar-refractivity contribution in [2.75, 3.05) is 0 Å². The van der Waals surface area contributed by atoms with E-state index in [0.717, 1.165) is 16.3 Å². The van der Waals surface area contributed by atoms with Gasteiger partial charge in [-0.2, -0.15) is 5.10 Å². The summed E-state index contributed by atoms with van der Waals surface area (Å²) in [5, 5.41) is 7.38. The fourth-order valence-corrected chi connectivity index (χ4v) is 2.66. The molecule has 0 aliphatic rings. The molecule has 104 valence electrons. The van der Waals surface area contributed by atoms with Crippen molar-refractivity contribution in [3.63, 3.8) is 0 Å². The summed E-state index contributed by atoms with van der Waals surface area (Å²) in [5.74, 6) is -0.189. The molecule has 1 N–H and O–H groups in total. The van der Waals surface area contributed by atoms with Crippen molar-refractivity contribution < 1.29 is 4.79 Å². The van der Waals surface area contributed by atoms with Crippen molar-refractivity contribution in [2.24, 2.45) is 5.10 Å². The van der Waals surface area contributed by atoms with Crippen LogP contribution in [-0.2, 0) is 11.2 Å². The molecule has 0 spiro atoms. The van der Waals surface area contributed by atoms with E-state index in [1.54, 1.807) is 13.0 Å². The summed E-state index contributed by atoms with van der Waals surface area (Å²) < 4.78 is 0. The van der Waals surface area contributed by atoms with Gasteiger partial charge in [-0.25, -0.2) is 10.4 Å². The third-order valence-electron chi connectivity index (χ3n) is 2.59. The summed E-state index contributed by atoms with van der Waals surface area (Å²) in [6.45, 7) is 3.70. The highest BCUT2D eigenvalue weighted by atomic mass is 35.5. The number of thiazole rings is 1. The zero-order valence-electron chi connectivity index (χ0n) is 11.2. The summed E-state index contributed by atoms with van der Waals surface area (Å²) in [7, 11) is 0. The predicted molar refractivity (Wildman–Crippen MR) is 82.4 cm³/mol. The largest absolute Gasteiger partial charge is 0.273 e. The smallest absolute Gasteiger partial charge is 0.246 e. The minimum Gasteiger partial charge on any atom is -0.273 e. The minimum atomic E-state index is -0.189. The summed E-state index contributed by atoms with van der Waals surface area (Å²) in [6, 6.07) is 7.37. The molecule has 1 heterocycles. The first kappa shape index (κ1) is 14.7. The molecule has 6 heteroatoms. The Labute approximate surface area is 126 Å². The first-order chi connectivity index (χ1) is 9.56. The third-order valence-corrected chi connectivity index (χ3v) is 3.89. The van der Waals surface area contributed by atoms with Gasteiger partial charge in [-0.1, -0.05) is 29.8 Å². The Morgan fingerprint density at radius 3 is 2.85 bits per heavy atom. The van der Waals surface area contributed by atoms with Crippen LogP contribution in [0.3, 0.4) is 0 Å². The molecule has 4 nitrogen and oxygen atoms in total. The fraction of sp³-hybridized carbons (Fsp3) is 0.214. The Hall–Kier alpha value is -1.72. The second-order valence-corrected chi connectivity index (χ2v) is 5.62. The van der Waals surface area contributed by atoms with E-state index in [2.05, 4.69) is 15.5 Å². The van der Waals surface area contributed by atoms with Crippen LogP contribution in [0.4, 0.5) is 0 Å². The number of nitrogens with zero attached hydrogens (tertiary/aromatic N) is 2. The molecule has 2 rings (SSSR count). The number of amides is 1. The molecule has 0 bridgehead atoms. The second-order valence-electron chi connectivity index (χ2n) is 4.27. The number of carbonyl (C=O) groups is 1. The highest BCUT2D eigenvalue weighted by Crippen LogP contribution is 2.15. The van der Waals surface area contributed by atoms with E-state index < -0.39 is 0 Å². The molecule has 0 fully saturated rings. The Morgan fingerprint density at radius 1 is 1.45 bits per heavy atom. The van der Waals surface area contributed by atoms with Gasteiger partial charge >= 0.3 is 0 Å². The molecular formula is C14H14ClN3OS. The van der Waals surface area contributed by atoms with Crippen molar-refractivity contribution in [2.45, 2.75) is 20.3 Å². The van der Waals surface area contributed by atoms with Crippen molar-refractivity contribution in [3.05, 3.63) is 50.9 Å². The standard InChI is InChI=1S/C14H14ClN3OS/c1-9-8-20-14(16-9)7-13(19)18-17-10(2)11-5-3-4-6-12(11)15/h3-6,8H,7H2,1-2H3,(H,18,19)/b17-10-. The van der Waals surface area contributed by atoms with E-state index in [1.807, 2.05) is 30.5 Å². The quantitative estimate of drug-likeness (QED) is 0.696. The van der Waals surface area contributed by atoms with E-state index in [4.69, 9.17) is 11.6 Å². The highest BCUT2D eigenvalue weighted by molar-refractivity contribution is 7.09. The Bertz CT molecular complexity index is 651. The van der Waals surface area contributed by atoms with Crippen LogP contribution in [0.25, 0.3) is 0 Å². The molecule has 0 aliphatic carbocycles. The van der Waals surface area contributed by atoms with Gasteiger partial charge in [0, 0.05) is 21.7 Å². The summed E-state index contributed by atoms with van der Waals surface area (Å²) >= 11 is 7.53. The van der Waals surface area contributed by atoms with Gasteiger partial charge in [-0.15, -0.1) is 11.3 Å². The van der Waals surface area contributed by atoms with Gasteiger partial charge in [0.05, 0.1) is 12.1 Å². The molecule has 1 amide bonds. The molecule has 0 atom stereocenters. The number of carbonyl (C=O) groups excluding carboxylic acids is 1. The second kappa shape index (κ2) is 6.63. The van der Waals surface area contributed by atoms with Gasteiger partial charge in [0.25, 0.3) is 0 Å². The summed E-state index contributed by atoms with van der Waals surface area (Å²) in [5.41, 5.74) is 4.92. The maximum Gasteiger partial charge on any atom is 0.246 e. The molecule has 1 aromatic heterocycles. The van der Waals surface area contributed by atoms with Crippen LogP contribution in [0.5, 0.6) is 0 Å². The van der Waals surface area contributed by atoms with Crippen molar-refractivity contribution in [3.8, 4) is 0 Å². The molecule has 0 saturated heterocycles. The Kier molecular flexibility index (Phi) is 4.87. The molecule has 1 aromatic carbocycles. The highest BCUT2D eigenvalue weighted by Gasteiger charge is 2.07. The van der Waals surface area contributed by atoms with Crippen LogP contribution in [0.15, 0.2) is 34.7 Å². The maximum absolute atomic E-state index is 11.8. The summed E-state index contributed by atoms with van der Waals surface area (Å²) in [4.78, 5) is 16.0. The van der Waals surface area contributed by atoms with Gasteiger partial charge in [0.2, 0.25) is 5.91 Å². The zero-order chi connectivity index (χ0) is 14.5. The number of aromatic nitrogens is 1. The molecule has 0 saturated carbocycles. The first-order valence-corrected chi connectivity index (χ1v) is 7.31. The number of hydrogen-bond acceptors (Lipinski definition) is 4. The molecule has 0 unspecified atom stereocenters. The van der Waals surface area contributed by atoms with E-state index in [0.29, 0.717) is 10.7 Å². The van der Waals surface area contributed by atoms with Gasteiger partial charge in [0.1, 0.15) is 5.01 Å². The summed E-state index contributed by atoms with van der Waals surface area (Å²) in [6.07, 6.45) is 0.234. The molecule has 0 radical (unpaired) electrons. The van der Waals surface area contributed by atoms with Gasteiger partial charge in [-0.3, -0.25) is 4.79 Å². The van der Waals surface area contributed by atoms with Crippen LogP contribution >= 0.6 is 22.9 Å². The number of hydrazone groups is 1. The number of rotatable bonds is 4. The average Bonchev–Trinajstić information content (AvgIpc) is 2.82. The number of aryl methyl sites for hydroxylation is 1. The van der Waals surface area contributed by atoms with Gasteiger partial charge in [-0.05, 0) is 19.9 Å². The van der Waals surface area contributed by atoms with E-state index in [9.17, 15) is 4.79 Å². The van der Waals surface area contributed by atoms with Crippen LogP contribution in [0, 0.1) is 6.92 Å². The molecular weight excluding hydrogens is 294 g/mol. The van der Waals surface area contributed by atoms with Crippen molar-refractivity contribution >= 4 is 34.6 Å². The number of benzene rings is 1. The topological polar surface area (TPSA) is 54.4 Å². The van der Waals surface area contributed by atoms with Crippen LogP contribution < -0.4 is 5.43 Å². The van der Waals surface area contributed by atoms with Crippen LogP contribution in [0.2, 0.25) is 5.02 Å². The van der Waals surface area contributed by atoms with Crippen LogP contribution in [0.1, 0.15) is 23.2 Å². The normalized spacial score (nSPS) is 11.4. The molecule has 20 heavy (non-hydrogen) atoms. The van der Waals surface area contributed by atoms with Crippen molar-refractivity contribution in [1.29, 1.82) is 0 Å². The predicted octanol–water partition coefficient (Wildman–Crippen LogP) is 3.19. The Morgan fingerprint density at radius 2 is 2.20 bits per heavy atom. The fourth-order valence-electron chi connectivity index (χ4n) is 1.62. The van der Waals surface area contributed by atoms with Crippen LogP contribution in [-0.4, -0.2) is 16.6 Å². The van der Waals surface area contributed by atoms with Gasteiger partial charge < -0.3 is 0 Å². The van der Waals surface area contributed by atoms with Gasteiger partial charge in [0.15, 0.2) is 0 Å². The zero-order valence-corrected chi connectivity index (χ0v) is 12.8. The minimum absolute atomic E-state index is 0.189. The lowest BCUT2D eigenvalue weighted by Gasteiger charge is -2.04. The lowest BCUT2D eigenvalue weighted by molar-refractivity contribution is -0.120. The number of hydrogen-bond donors (Lipinski definition) is 1. The monoisotopic (exact) mass is 307 g/mol. The third kappa shape index (κ3) is 3.88. The lowest BCUT2D eigenvalue weighted by atomic mass is 10.1. The van der Waals surface area contributed by atoms with E-state index in [-0.39, 0.29) is 12.3 Å². The SMILES string of the molecule is C/C(=N/NC(=O)Cc1nc(C)cs1)c1ccccc1Cl. The molecule has 0 aliphatic heterocycles.